The number of ether oxygens (including phenoxy) is 3. The molecule has 0 aliphatic carbocycles. The summed E-state index contributed by atoms with van der Waals surface area (Å²) in [6, 6.07) is 0. The maximum Gasteiger partial charge on any atom is 0.162 e. The van der Waals surface area contributed by atoms with Crippen LogP contribution in [-0.2, 0) is 14.2 Å². The van der Waals surface area contributed by atoms with Gasteiger partial charge in [0.15, 0.2) is 6.29 Å². The van der Waals surface area contributed by atoms with Gasteiger partial charge in [-0.3, -0.25) is 0 Å². The quantitative estimate of drug-likeness (QED) is 0.568. The van der Waals surface area contributed by atoms with Crippen molar-refractivity contribution in [2.75, 3.05) is 19.8 Å². The molecule has 0 unspecified atom stereocenters. The van der Waals surface area contributed by atoms with Crippen LogP contribution >= 0.6 is 0 Å². The van der Waals surface area contributed by atoms with Crippen LogP contribution < -0.4 is 0 Å². The lowest BCUT2D eigenvalue weighted by molar-refractivity contribution is -0.185. The third kappa shape index (κ3) is 4.94. The topological polar surface area (TPSA) is 27.7 Å². The largest absolute Gasteiger partial charge is 0.378 e. The number of hydrogen-bond donors (Lipinski definition) is 0. The molecule has 3 heteroatoms. The maximum atomic E-state index is 5.52. The molecule has 0 aliphatic heterocycles. The molecule has 2 atom stereocenters. The van der Waals surface area contributed by atoms with Crippen molar-refractivity contribution in [1.29, 1.82) is 0 Å². The first-order valence-corrected chi connectivity index (χ1v) is 5.52. The fourth-order valence-corrected chi connectivity index (χ4v) is 1.32. The van der Waals surface area contributed by atoms with E-state index in [1.165, 1.54) is 0 Å². The van der Waals surface area contributed by atoms with Crippen LogP contribution in [0.5, 0.6) is 0 Å². The van der Waals surface area contributed by atoms with E-state index in [-0.39, 0.29) is 18.3 Å². The monoisotopic (exact) mass is 204 g/mol. The van der Waals surface area contributed by atoms with Gasteiger partial charge in [-0.1, -0.05) is 6.92 Å². The Labute approximate surface area is 87.7 Å². The van der Waals surface area contributed by atoms with E-state index in [0.29, 0.717) is 13.2 Å². The van der Waals surface area contributed by atoms with Crippen molar-refractivity contribution in [3.05, 3.63) is 0 Å². The van der Waals surface area contributed by atoms with Crippen molar-refractivity contribution in [1.82, 2.24) is 0 Å². The van der Waals surface area contributed by atoms with E-state index in [1.54, 1.807) is 0 Å². The highest BCUT2D eigenvalue weighted by atomic mass is 16.7. The van der Waals surface area contributed by atoms with Crippen LogP contribution in [0.4, 0.5) is 0 Å². The molecule has 0 bridgehead atoms. The van der Waals surface area contributed by atoms with E-state index in [1.807, 2.05) is 20.8 Å². The molecule has 0 spiro atoms. The average Bonchev–Trinajstić information content (AvgIpc) is 2.17. The smallest absolute Gasteiger partial charge is 0.162 e. The van der Waals surface area contributed by atoms with Gasteiger partial charge in [-0.15, -0.1) is 0 Å². The van der Waals surface area contributed by atoms with Crippen LogP contribution in [-0.4, -0.2) is 32.2 Å². The van der Waals surface area contributed by atoms with Crippen LogP contribution in [0, 0.1) is 5.92 Å². The van der Waals surface area contributed by atoms with Crippen LogP contribution in [0.2, 0.25) is 0 Å². The van der Waals surface area contributed by atoms with Gasteiger partial charge in [-0.2, -0.15) is 0 Å². The zero-order valence-electron chi connectivity index (χ0n) is 10.1. The van der Waals surface area contributed by atoms with Gasteiger partial charge in [0.2, 0.25) is 0 Å². The molecule has 0 aromatic rings. The molecule has 0 saturated heterocycles. The molecule has 0 aromatic carbocycles. The molecular formula is C11H24O3. The summed E-state index contributed by atoms with van der Waals surface area (Å²) in [7, 11) is 0. The molecule has 0 heterocycles. The fraction of sp³-hybridized carbons (Fsp3) is 1.00. The highest BCUT2D eigenvalue weighted by Crippen LogP contribution is 2.16. The van der Waals surface area contributed by atoms with Gasteiger partial charge in [0.25, 0.3) is 0 Å². The van der Waals surface area contributed by atoms with Crippen molar-refractivity contribution >= 4 is 0 Å². The maximum absolute atomic E-state index is 5.52. The molecule has 0 amide bonds. The van der Waals surface area contributed by atoms with Crippen molar-refractivity contribution < 1.29 is 14.2 Å². The first-order chi connectivity index (χ1) is 6.67. The molecular weight excluding hydrogens is 180 g/mol. The summed E-state index contributed by atoms with van der Waals surface area (Å²) in [5, 5.41) is 0. The standard InChI is InChI=1S/C11H24O3/c1-6-12-10(5)9(4)11(13-7-2)14-8-3/h9-11H,6-8H2,1-5H3/t9-,10-/m0/s1. The van der Waals surface area contributed by atoms with Gasteiger partial charge in [-0.25, -0.2) is 0 Å². The third-order valence-corrected chi connectivity index (χ3v) is 2.26. The lowest BCUT2D eigenvalue weighted by Gasteiger charge is -2.28. The van der Waals surface area contributed by atoms with Crippen molar-refractivity contribution in [2.45, 2.75) is 47.0 Å². The molecule has 0 aromatic heterocycles. The Kier molecular flexibility index (Phi) is 8.14. The second kappa shape index (κ2) is 8.21. The Morgan fingerprint density at radius 3 is 1.57 bits per heavy atom. The van der Waals surface area contributed by atoms with E-state index in [2.05, 4.69) is 13.8 Å². The molecule has 0 radical (unpaired) electrons. The van der Waals surface area contributed by atoms with Gasteiger partial charge >= 0.3 is 0 Å². The number of hydrogen-bond acceptors (Lipinski definition) is 3. The van der Waals surface area contributed by atoms with E-state index < -0.39 is 0 Å². The van der Waals surface area contributed by atoms with Gasteiger partial charge < -0.3 is 14.2 Å². The Hall–Kier alpha value is -0.120. The molecule has 0 rings (SSSR count). The highest BCUT2D eigenvalue weighted by Gasteiger charge is 2.23. The summed E-state index contributed by atoms with van der Waals surface area (Å²) >= 11 is 0. The molecule has 0 fully saturated rings. The fourth-order valence-electron chi connectivity index (χ4n) is 1.32. The minimum Gasteiger partial charge on any atom is -0.378 e. The molecule has 0 N–H and O–H groups in total. The SMILES string of the molecule is CCOC(OCC)[C@@H](C)[C@H](C)OCC. The molecule has 0 saturated carbocycles. The highest BCUT2D eigenvalue weighted by molar-refractivity contribution is 4.65. The van der Waals surface area contributed by atoms with Crippen molar-refractivity contribution in [3.8, 4) is 0 Å². The van der Waals surface area contributed by atoms with Crippen LogP contribution in [0.1, 0.15) is 34.6 Å². The molecule has 86 valence electrons. The number of rotatable bonds is 8. The van der Waals surface area contributed by atoms with Gasteiger partial charge in [0.1, 0.15) is 0 Å². The average molecular weight is 204 g/mol. The first-order valence-electron chi connectivity index (χ1n) is 5.52. The predicted molar refractivity (Wildman–Crippen MR) is 57.3 cm³/mol. The Morgan fingerprint density at radius 2 is 1.21 bits per heavy atom. The first kappa shape index (κ1) is 13.9. The van der Waals surface area contributed by atoms with Crippen LogP contribution in [0.25, 0.3) is 0 Å². The minimum absolute atomic E-state index is 0.147. The zero-order valence-corrected chi connectivity index (χ0v) is 10.1. The van der Waals surface area contributed by atoms with Crippen molar-refractivity contribution in [3.63, 3.8) is 0 Å². The minimum atomic E-state index is -0.147. The Bertz CT molecular complexity index is 122. The summed E-state index contributed by atoms with van der Waals surface area (Å²) in [6.07, 6.45) is 0.0228. The molecule has 0 aliphatic rings. The lowest BCUT2D eigenvalue weighted by atomic mass is 10.1. The van der Waals surface area contributed by atoms with E-state index in [9.17, 15) is 0 Å². The van der Waals surface area contributed by atoms with E-state index in [4.69, 9.17) is 14.2 Å². The summed E-state index contributed by atoms with van der Waals surface area (Å²) in [6.45, 7) is 12.2. The summed E-state index contributed by atoms with van der Waals surface area (Å²) < 4.78 is 16.5. The summed E-state index contributed by atoms with van der Waals surface area (Å²) in [5.74, 6) is 0.259. The van der Waals surface area contributed by atoms with Gasteiger partial charge in [0, 0.05) is 25.7 Å². The second-order valence-corrected chi connectivity index (χ2v) is 3.30. The van der Waals surface area contributed by atoms with E-state index in [0.717, 1.165) is 6.61 Å². The lowest BCUT2D eigenvalue weighted by Crippen LogP contribution is -2.34. The Balaban J connectivity index is 4.03. The second-order valence-electron chi connectivity index (χ2n) is 3.30. The zero-order chi connectivity index (χ0) is 11.0. The third-order valence-electron chi connectivity index (χ3n) is 2.26. The predicted octanol–water partition coefficient (Wildman–Crippen LogP) is 2.45. The van der Waals surface area contributed by atoms with Gasteiger partial charge in [-0.05, 0) is 27.7 Å². The Morgan fingerprint density at radius 1 is 0.786 bits per heavy atom. The summed E-state index contributed by atoms with van der Waals surface area (Å²) in [5.41, 5.74) is 0. The molecule has 3 nitrogen and oxygen atoms in total. The van der Waals surface area contributed by atoms with Crippen LogP contribution in [0.3, 0.4) is 0 Å². The summed E-state index contributed by atoms with van der Waals surface area (Å²) in [4.78, 5) is 0. The normalized spacial score (nSPS) is 15.9. The van der Waals surface area contributed by atoms with Crippen molar-refractivity contribution in [2.24, 2.45) is 5.92 Å². The van der Waals surface area contributed by atoms with Crippen LogP contribution in [0.15, 0.2) is 0 Å². The molecule has 14 heavy (non-hydrogen) atoms. The van der Waals surface area contributed by atoms with Gasteiger partial charge in [0.05, 0.1) is 6.10 Å². The van der Waals surface area contributed by atoms with E-state index >= 15 is 0 Å².